The second kappa shape index (κ2) is 2.82. The summed E-state index contributed by atoms with van der Waals surface area (Å²) in [7, 11) is 0. The molecule has 1 aromatic carbocycles. The number of hydrogen-bond acceptors (Lipinski definition) is 2. The minimum atomic E-state index is 0.616. The van der Waals surface area contributed by atoms with Crippen LogP contribution in [0.3, 0.4) is 0 Å². The summed E-state index contributed by atoms with van der Waals surface area (Å²) < 4.78 is 0. The number of nitriles is 1. The maximum atomic E-state index is 9.01. The molecule has 0 spiro atoms. The highest BCUT2D eigenvalue weighted by Crippen LogP contribution is 2.26. The normalized spacial score (nSPS) is 10.6. The molecule has 0 aliphatic heterocycles. The molecule has 0 aliphatic rings. The van der Waals surface area contributed by atoms with Gasteiger partial charge in [0.25, 0.3) is 0 Å². The van der Waals surface area contributed by atoms with Crippen LogP contribution in [-0.4, -0.2) is 9.97 Å². The first-order valence-corrected chi connectivity index (χ1v) is 4.64. The second-order valence-electron chi connectivity index (χ2n) is 3.39. The van der Waals surface area contributed by atoms with Gasteiger partial charge in [-0.2, -0.15) is 5.26 Å². The van der Waals surface area contributed by atoms with Gasteiger partial charge in [0.05, 0.1) is 17.3 Å². The van der Waals surface area contributed by atoms with Crippen molar-refractivity contribution >= 4 is 21.8 Å². The maximum absolute atomic E-state index is 9.01. The average Bonchev–Trinajstić information content (AvgIpc) is 2.67. The number of H-pyrrole nitrogens is 1. The molecule has 3 rings (SSSR count). The summed E-state index contributed by atoms with van der Waals surface area (Å²) in [5.41, 5.74) is 2.57. The van der Waals surface area contributed by atoms with Gasteiger partial charge in [0.1, 0.15) is 6.07 Å². The summed E-state index contributed by atoms with van der Waals surface area (Å²) in [6.07, 6.45) is 3.35. The number of benzene rings is 1. The zero-order valence-electron chi connectivity index (χ0n) is 7.86. The first-order valence-electron chi connectivity index (χ1n) is 4.64. The summed E-state index contributed by atoms with van der Waals surface area (Å²) >= 11 is 0. The fraction of sp³-hybridized carbons (Fsp3) is 0. The molecule has 0 atom stereocenters. The van der Waals surface area contributed by atoms with Crippen molar-refractivity contribution in [3.63, 3.8) is 0 Å². The average molecular weight is 193 g/mol. The lowest BCUT2D eigenvalue weighted by atomic mass is 10.1. The number of aromatic amines is 1. The molecule has 0 aliphatic carbocycles. The molecule has 2 heterocycles. The first kappa shape index (κ1) is 8.01. The molecule has 3 heteroatoms. The lowest BCUT2D eigenvalue weighted by Gasteiger charge is -1.92. The molecular weight excluding hydrogens is 186 g/mol. The van der Waals surface area contributed by atoms with Gasteiger partial charge in [0.2, 0.25) is 0 Å². The van der Waals surface area contributed by atoms with E-state index in [1.54, 1.807) is 12.4 Å². The molecule has 70 valence electrons. The quantitative estimate of drug-likeness (QED) is 0.596. The van der Waals surface area contributed by atoms with Gasteiger partial charge in [-0.05, 0) is 6.07 Å². The summed E-state index contributed by atoms with van der Waals surface area (Å²) in [5.74, 6) is 0. The van der Waals surface area contributed by atoms with Crippen LogP contribution in [0.25, 0.3) is 21.8 Å². The highest BCUT2D eigenvalue weighted by atomic mass is 14.7. The van der Waals surface area contributed by atoms with E-state index in [2.05, 4.69) is 16.0 Å². The lowest BCUT2D eigenvalue weighted by molar-refractivity contribution is 1.32. The molecule has 15 heavy (non-hydrogen) atoms. The van der Waals surface area contributed by atoms with Crippen molar-refractivity contribution in [3.8, 4) is 6.07 Å². The number of fused-ring (bicyclic) bond motifs is 3. The van der Waals surface area contributed by atoms with Crippen LogP contribution in [-0.2, 0) is 0 Å². The summed E-state index contributed by atoms with van der Waals surface area (Å²) in [6.45, 7) is 0. The molecule has 2 aromatic heterocycles. The minimum Gasteiger partial charge on any atom is -0.353 e. The molecular formula is C12H7N3. The number of pyridine rings is 1. The number of nitrogens with zero attached hydrogens (tertiary/aromatic N) is 2. The van der Waals surface area contributed by atoms with E-state index in [-0.39, 0.29) is 0 Å². The van der Waals surface area contributed by atoms with E-state index in [0.717, 1.165) is 21.8 Å². The second-order valence-corrected chi connectivity index (χ2v) is 3.39. The first-order chi connectivity index (χ1) is 7.40. The standard InChI is InChI=1S/C12H7N3/c13-5-8-6-14-7-11-12(8)9-3-1-2-4-10(9)15-11/h1-4,6-7,15H. The summed E-state index contributed by atoms with van der Waals surface area (Å²) in [6, 6.07) is 10.1. The molecule has 1 N–H and O–H groups in total. The number of para-hydroxylation sites is 1. The Hall–Kier alpha value is -2.34. The van der Waals surface area contributed by atoms with Gasteiger partial charge >= 0.3 is 0 Å². The van der Waals surface area contributed by atoms with Crippen LogP contribution in [0, 0.1) is 11.3 Å². The molecule has 0 unspecified atom stereocenters. The highest BCUT2D eigenvalue weighted by Gasteiger charge is 2.07. The van der Waals surface area contributed by atoms with E-state index in [1.165, 1.54) is 0 Å². The largest absolute Gasteiger partial charge is 0.353 e. The number of rotatable bonds is 0. The molecule has 3 nitrogen and oxygen atoms in total. The predicted octanol–water partition coefficient (Wildman–Crippen LogP) is 2.59. The fourth-order valence-electron chi connectivity index (χ4n) is 1.89. The zero-order chi connectivity index (χ0) is 10.3. The van der Waals surface area contributed by atoms with Gasteiger partial charge in [-0.3, -0.25) is 4.98 Å². The van der Waals surface area contributed by atoms with Gasteiger partial charge in [0, 0.05) is 22.5 Å². The SMILES string of the molecule is N#Cc1cncc2[nH]c3ccccc3c12. The van der Waals surface area contributed by atoms with Crippen molar-refractivity contribution in [1.29, 1.82) is 5.26 Å². The third-order valence-electron chi connectivity index (χ3n) is 2.53. The van der Waals surface area contributed by atoms with Crippen LogP contribution < -0.4 is 0 Å². The Morgan fingerprint density at radius 1 is 1.13 bits per heavy atom. The maximum Gasteiger partial charge on any atom is 0.101 e. The molecule has 3 aromatic rings. The van der Waals surface area contributed by atoms with Crippen LogP contribution in [0.5, 0.6) is 0 Å². The summed E-state index contributed by atoms with van der Waals surface area (Å²) in [5, 5.41) is 11.0. The molecule has 0 saturated carbocycles. The monoisotopic (exact) mass is 193 g/mol. The van der Waals surface area contributed by atoms with Crippen LogP contribution in [0.4, 0.5) is 0 Å². The van der Waals surface area contributed by atoms with Gasteiger partial charge in [-0.15, -0.1) is 0 Å². The van der Waals surface area contributed by atoms with Crippen LogP contribution in [0.15, 0.2) is 36.7 Å². The van der Waals surface area contributed by atoms with Gasteiger partial charge in [-0.1, -0.05) is 18.2 Å². The fourth-order valence-corrected chi connectivity index (χ4v) is 1.89. The number of hydrogen-bond donors (Lipinski definition) is 1. The zero-order valence-corrected chi connectivity index (χ0v) is 7.86. The Kier molecular flexibility index (Phi) is 1.51. The molecule has 0 radical (unpaired) electrons. The Morgan fingerprint density at radius 2 is 2.00 bits per heavy atom. The van der Waals surface area contributed by atoms with Gasteiger partial charge < -0.3 is 4.98 Å². The van der Waals surface area contributed by atoms with E-state index in [9.17, 15) is 0 Å². The van der Waals surface area contributed by atoms with Crippen molar-refractivity contribution < 1.29 is 0 Å². The van der Waals surface area contributed by atoms with Crippen LogP contribution in [0.2, 0.25) is 0 Å². The Balaban J connectivity index is 2.64. The van der Waals surface area contributed by atoms with Gasteiger partial charge in [-0.25, -0.2) is 0 Å². The summed E-state index contributed by atoms with van der Waals surface area (Å²) in [4.78, 5) is 7.26. The van der Waals surface area contributed by atoms with Gasteiger partial charge in [0.15, 0.2) is 0 Å². The van der Waals surface area contributed by atoms with Crippen molar-refractivity contribution in [2.75, 3.05) is 0 Å². The predicted molar refractivity (Wildman–Crippen MR) is 58.3 cm³/mol. The molecule has 0 fully saturated rings. The van der Waals surface area contributed by atoms with E-state index in [0.29, 0.717) is 5.56 Å². The molecule has 0 saturated heterocycles. The van der Waals surface area contributed by atoms with E-state index >= 15 is 0 Å². The number of nitrogens with one attached hydrogen (secondary N) is 1. The number of aromatic nitrogens is 2. The van der Waals surface area contributed by atoms with E-state index < -0.39 is 0 Å². The minimum absolute atomic E-state index is 0.616. The lowest BCUT2D eigenvalue weighted by Crippen LogP contribution is -1.79. The third-order valence-corrected chi connectivity index (χ3v) is 2.53. The Bertz CT molecular complexity index is 689. The van der Waals surface area contributed by atoms with Crippen molar-refractivity contribution in [2.24, 2.45) is 0 Å². The van der Waals surface area contributed by atoms with E-state index in [1.807, 2.05) is 24.3 Å². The van der Waals surface area contributed by atoms with Crippen LogP contribution >= 0.6 is 0 Å². The molecule has 0 bridgehead atoms. The van der Waals surface area contributed by atoms with Crippen LogP contribution in [0.1, 0.15) is 5.56 Å². The smallest absolute Gasteiger partial charge is 0.101 e. The highest BCUT2D eigenvalue weighted by molar-refractivity contribution is 6.09. The van der Waals surface area contributed by atoms with E-state index in [4.69, 9.17) is 5.26 Å². The topological polar surface area (TPSA) is 52.5 Å². The Morgan fingerprint density at radius 3 is 2.87 bits per heavy atom. The van der Waals surface area contributed by atoms with Crippen molar-refractivity contribution in [1.82, 2.24) is 9.97 Å². The Labute approximate surface area is 86.0 Å². The van der Waals surface area contributed by atoms with Crippen molar-refractivity contribution in [3.05, 3.63) is 42.2 Å². The van der Waals surface area contributed by atoms with Crippen molar-refractivity contribution in [2.45, 2.75) is 0 Å². The third kappa shape index (κ3) is 1.02. The molecule has 0 amide bonds.